The Bertz CT molecular complexity index is 538. The topological polar surface area (TPSA) is 48.9 Å². The van der Waals surface area contributed by atoms with Crippen LogP contribution >= 0.6 is 0 Å². The first-order valence-corrected chi connectivity index (χ1v) is 8.72. The number of hydrogen-bond acceptors (Lipinski definition) is 3. The first-order chi connectivity index (χ1) is 11.3. The lowest BCUT2D eigenvalue weighted by atomic mass is 10.0. The molecule has 0 aliphatic heterocycles. The molecule has 0 unspecified atom stereocenters. The first-order valence-electron chi connectivity index (χ1n) is 8.72. The second kappa shape index (κ2) is 9.52. The molecule has 0 saturated heterocycles. The number of likely N-dealkylation sites (N-methyl/N-ethyl adjacent to an activating group) is 1. The van der Waals surface area contributed by atoms with Gasteiger partial charge in [0.15, 0.2) is 5.96 Å². The zero-order valence-electron chi connectivity index (χ0n) is 16.4. The number of nitrogens with one attached hydrogen (secondary N) is 2. The number of ether oxygens (including phenoxy) is 1. The van der Waals surface area contributed by atoms with Crippen LogP contribution in [0.25, 0.3) is 0 Å². The minimum absolute atomic E-state index is 0.0521. The molecule has 1 aromatic carbocycles. The number of aliphatic imine (C=N–C) groups is 1. The number of aryl methyl sites for hydroxylation is 1. The van der Waals surface area contributed by atoms with Crippen LogP contribution in [0.3, 0.4) is 0 Å². The van der Waals surface area contributed by atoms with Gasteiger partial charge in [0.05, 0.1) is 13.2 Å². The summed E-state index contributed by atoms with van der Waals surface area (Å²) in [5, 5.41) is 6.74. The van der Waals surface area contributed by atoms with Crippen molar-refractivity contribution in [3.05, 3.63) is 29.3 Å². The highest BCUT2D eigenvalue weighted by Gasteiger charge is 2.20. The van der Waals surface area contributed by atoms with Crippen molar-refractivity contribution in [2.75, 3.05) is 33.8 Å². The van der Waals surface area contributed by atoms with E-state index in [0.717, 1.165) is 30.4 Å². The Hall–Kier alpha value is -1.75. The molecule has 0 aliphatic carbocycles. The molecule has 24 heavy (non-hydrogen) atoms. The zero-order chi connectivity index (χ0) is 18.2. The highest BCUT2D eigenvalue weighted by molar-refractivity contribution is 5.79. The maximum absolute atomic E-state index is 5.74. The standard InChI is InChI=1S/C19H34N4O/c1-8-20-18(22-14-19(4,5)23(6)7)21-13-16-11-10-15(3)12-17(16)24-9-2/h10-12H,8-9,13-14H2,1-7H3,(H2,20,21,22). The van der Waals surface area contributed by atoms with Gasteiger partial charge in [-0.05, 0) is 60.3 Å². The fourth-order valence-corrected chi connectivity index (χ4v) is 2.05. The van der Waals surface area contributed by atoms with Crippen LogP contribution in [0.15, 0.2) is 23.2 Å². The molecule has 0 bridgehead atoms. The number of guanidine groups is 1. The molecule has 5 heteroatoms. The van der Waals surface area contributed by atoms with Crippen molar-refractivity contribution in [2.24, 2.45) is 4.99 Å². The third-order valence-corrected chi connectivity index (χ3v) is 4.17. The Morgan fingerprint density at radius 1 is 1.21 bits per heavy atom. The summed E-state index contributed by atoms with van der Waals surface area (Å²) in [5.74, 6) is 1.75. The average molecular weight is 335 g/mol. The predicted molar refractivity (Wildman–Crippen MR) is 103 cm³/mol. The zero-order valence-corrected chi connectivity index (χ0v) is 16.4. The predicted octanol–water partition coefficient (Wildman–Crippen LogP) is 2.79. The summed E-state index contributed by atoms with van der Waals surface area (Å²) in [7, 11) is 4.18. The van der Waals surface area contributed by atoms with E-state index in [2.05, 4.69) is 75.5 Å². The van der Waals surface area contributed by atoms with Crippen molar-refractivity contribution in [3.63, 3.8) is 0 Å². The summed E-state index contributed by atoms with van der Waals surface area (Å²) in [6, 6.07) is 6.27. The minimum Gasteiger partial charge on any atom is -0.494 e. The molecule has 0 spiro atoms. The van der Waals surface area contributed by atoms with E-state index in [-0.39, 0.29) is 5.54 Å². The minimum atomic E-state index is 0.0521. The van der Waals surface area contributed by atoms with Gasteiger partial charge in [-0.1, -0.05) is 12.1 Å². The van der Waals surface area contributed by atoms with Crippen molar-refractivity contribution in [1.29, 1.82) is 0 Å². The first kappa shape index (κ1) is 20.3. The van der Waals surface area contributed by atoms with Crippen molar-refractivity contribution in [2.45, 2.75) is 46.7 Å². The van der Waals surface area contributed by atoms with Gasteiger partial charge >= 0.3 is 0 Å². The average Bonchev–Trinajstić information content (AvgIpc) is 2.51. The third kappa shape index (κ3) is 6.40. The molecule has 136 valence electrons. The summed E-state index contributed by atoms with van der Waals surface area (Å²) in [4.78, 5) is 6.92. The molecule has 0 radical (unpaired) electrons. The Balaban J connectivity index is 2.82. The molecule has 0 aliphatic rings. The van der Waals surface area contributed by atoms with Gasteiger partial charge in [0.2, 0.25) is 0 Å². The van der Waals surface area contributed by atoms with Gasteiger partial charge in [-0.3, -0.25) is 0 Å². The molecule has 0 aromatic heterocycles. The maximum Gasteiger partial charge on any atom is 0.191 e. The molecule has 5 nitrogen and oxygen atoms in total. The quantitative estimate of drug-likeness (QED) is 0.567. The van der Waals surface area contributed by atoms with Crippen molar-refractivity contribution in [3.8, 4) is 5.75 Å². The van der Waals surface area contributed by atoms with Gasteiger partial charge in [0.1, 0.15) is 5.75 Å². The highest BCUT2D eigenvalue weighted by Crippen LogP contribution is 2.21. The van der Waals surface area contributed by atoms with E-state index in [1.807, 2.05) is 6.92 Å². The second-order valence-corrected chi connectivity index (χ2v) is 6.80. The molecule has 0 heterocycles. The van der Waals surface area contributed by atoms with Gasteiger partial charge in [-0.2, -0.15) is 0 Å². The fraction of sp³-hybridized carbons (Fsp3) is 0.632. The molecule has 1 rings (SSSR count). The van der Waals surface area contributed by atoms with E-state index in [1.54, 1.807) is 0 Å². The van der Waals surface area contributed by atoms with E-state index >= 15 is 0 Å². The SMILES string of the molecule is CCNC(=NCc1ccc(C)cc1OCC)NCC(C)(C)N(C)C. The largest absolute Gasteiger partial charge is 0.494 e. The van der Waals surface area contributed by atoms with Gasteiger partial charge in [-0.15, -0.1) is 0 Å². The lowest BCUT2D eigenvalue weighted by Gasteiger charge is -2.33. The lowest BCUT2D eigenvalue weighted by molar-refractivity contribution is 0.197. The maximum atomic E-state index is 5.74. The molecule has 2 N–H and O–H groups in total. The molecule has 0 fully saturated rings. The van der Waals surface area contributed by atoms with Gasteiger partial charge in [0.25, 0.3) is 0 Å². The van der Waals surface area contributed by atoms with Gasteiger partial charge in [0, 0.05) is 24.2 Å². The molecular weight excluding hydrogens is 300 g/mol. The normalized spacial score (nSPS) is 12.4. The van der Waals surface area contributed by atoms with E-state index < -0.39 is 0 Å². The Kier molecular flexibility index (Phi) is 8.05. The smallest absolute Gasteiger partial charge is 0.191 e. The number of rotatable bonds is 8. The number of hydrogen-bond donors (Lipinski definition) is 2. The molecule has 1 aromatic rings. The van der Waals surface area contributed by atoms with Crippen LogP contribution in [-0.2, 0) is 6.54 Å². The Morgan fingerprint density at radius 2 is 1.92 bits per heavy atom. The lowest BCUT2D eigenvalue weighted by Crippen LogP contribution is -2.50. The van der Waals surface area contributed by atoms with Crippen LogP contribution in [-0.4, -0.2) is 50.2 Å². The second-order valence-electron chi connectivity index (χ2n) is 6.80. The van der Waals surface area contributed by atoms with Crippen LogP contribution in [0.1, 0.15) is 38.8 Å². The fourth-order valence-electron chi connectivity index (χ4n) is 2.05. The van der Waals surface area contributed by atoms with Crippen LogP contribution in [0.2, 0.25) is 0 Å². The Labute approximate surface area is 147 Å². The number of nitrogens with zero attached hydrogens (tertiary/aromatic N) is 2. The Morgan fingerprint density at radius 3 is 2.50 bits per heavy atom. The van der Waals surface area contributed by atoms with Crippen molar-refractivity contribution < 1.29 is 4.74 Å². The van der Waals surface area contributed by atoms with Gasteiger partial charge in [-0.25, -0.2) is 4.99 Å². The third-order valence-electron chi connectivity index (χ3n) is 4.17. The summed E-state index contributed by atoms with van der Waals surface area (Å²) < 4.78 is 5.74. The summed E-state index contributed by atoms with van der Waals surface area (Å²) in [6.07, 6.45) is 0. The van der Waals surface area contributed by atoms with Crippen LogP contribution in [0.5, 0.6) is 5.75 Å². The summed E-state index contributed by atoms with van der Waals surface area (Å²) >= 11 is 0. The highest BCUT2D eigenvalue weighted by atomic mass is 16.5. The molecule has 0 atom stereocenters. The number of benzene rings is 1. The molecular formula is C19H34N4O. The van der Waals surface area contributed by atoms with Crippen LogP contribution in [0.4, 0.5) is 0 Å². The van der Waals surface area contributed by atoms with Crippen LogP contribution < -0.4 is 15.4 Å². The summed E-state index contributed by atoms with van der Waals surface area (Å²) in [6.45, 7) is 13.5. The summed E-state index contributed by atoms with van der Waals surface area (Å²) in [5.41, 5.74) is 2.35. The molecule has 0 amide bonds. The van der Waals surface area contributed by atoms with E-state index in [4.69, 9.17) is 9.73 Å². The van der Waals surface area contributed by atoms with Crippen LogP contribution in [0, 0.1) is 6.92 Å². The van der Waals surface area contributed by atoms with Gasteiger partial charge < -0.3 is 20.3 Å². The van der Waals surface area contributed by atoms with Crippen molar-refractivity contribution in [1.82, 2.24) is 15.5 Å². The van der Waals surface area contributed by atoms with E-state index in [1.165, 1.54) is 5.56 Å². The molecule has 0 saturated carbocycles. The monoisotopic (exact) mass is 334 g/mol. The van der Waals surface area contributed by atoms with E-state index in [9.17, 15) is 0 Å². The van der Waals surface area contributed by atoms with Crippen molar-refractivity contribution >= 4 is 5.96 Å². The van der Waals surface area contributed by atoms with E-state index in [0.29, 0.717) is 13.2 Å².